The largest absolute Gasteiger partial charge is 0.471 e. The number of carbonyl (C=O) groups is 4. The molecule has 2 saturated heterocycles. The van der Waals surface area contributed by atoms with Gasteiger partial charge in [0, 0.05) is 18.0 Å². The summed E-state index contributed by atoms with van der Waals surface area (Å²) < 4.78 is 38.8. The molecule has 4 fully saturated rings. The van der Waals surface area contributed by atoms with Gasteiger partial charge in [-0.3, -0.25) is 19.2 Å². The average molecular weight is 512 g/mol. The minimum atomic E-state index is -5.16. The Kier molecular flexibility index (Phi) is 6.29. The molecule has 4 amide bonds. The molecule has 4 atom stereocenters. The second kappa shape index (κ2) is 8.63. The van der Waals surface area contributed by atoms with Gasteiger partial charge in [0.15, 0.2) is 0 Å². The Morgan fingerprint density at radius 3 is 2.25 bits per heavy atom. The number of alkyl halides is 3. The molecule has 4 unspecified atom stereocenters. The predicted octanol–water partition coefficient (Wildman–Crippen LogP) is 1.53. The SMILES string of the molecule is CC(C)(C)C(NC(=O)C(F)(F)F)C(=O)N1CC2(CC2)CC1C(=O)NC(C#N)CC1CC2(CC2)NC1=O. The molecule has 3 N–H and O–H groups in total. The lowest BCUT2D eigenvalue weighted by Crippen LogP contribution is -2.59. The van der Waals surface area contributed by atoms with E-state index in [-0.39, 0.29) is 29.8 Å². The normalized spacial score (nSPS) is 27.2. The number of hydrogen-bond acceptors (Lipinski definition) is 5. The third-order valence-corrected chi connectivity index (χ3v) is 7.94. The monoisotopic (exact) mass is 511 g/mol. The van der Waals surface area contributed by atoms with Crippen molar-refractivity contribution in [2.75, 3.05) is 6.54 Å². The fraction of sp³-hybridized carbons (Fsp3) is 0.792. The zero-order valence-electron chi connectivity index (χ0n) is 20.6. The summed E-state index contributed by atoms with van der Waals surface area (Å²) in [6, 6.07) is -1.40. The summed E-state index contributed by atoms with van der Waals surface area (Å²) in [6.07, 6.45) is -0.700. The van der Waals surface area contributed by atoms with E-state index in [1.54, 1.807) is 0 Å². The molecular formula is C24H32F3N5O4. The zero-order chi connectivity index (χ0) is 26.7. The van der Waals surface area contributed by atoms with Crippen molar-refractivity contribution >= 4 is 23.6 Å². The van der Waals surface area contributed by atoms with E-state index in [9.17, 15) is 37.6 Å². The molecule has 4 rings (SSSR count). The molecule has 9 nitrogen and oxygen atoms in total. The van der Waals surface area contributed by atoms with Crippen molar-refractivity contribution in [3.63, 3.8) is 0 Å². The first-order chi connectivity index (χ1) is 16.6. The van der Waals surface area contributed by atoms with Gasteiger partial charge in [-0.25, -0.2) is 0 Å². The second-order valence-corrected chi connectivity index (χ2v) is 12.1. The van der Waals surface area contributed by atoms with E-state index in [1.165, 1.54) is 25.7 Å². The summed E-state index contributed by atoms with van der Waals surface area (Å²) in [6.45, 7) is 4.81. The lowest BCUT2D eigenvalue weighted by molar-refractivity contribution is -0.176. The molecule has 36 heavy (non-hydrogen) atoms. The second-order valence-electron chi connectivity index (χ2n) is 12.1. The number of likely N-dealkylation sites (tertiary alicyclic amines) is 1. The van der Waals surface area contributed by atoms with Crippen LogP contribution in [0.5, 0.6) is 0 Å². The topological polar surface area (TPSA) is 131 Å². The highest BCUT2D eigenvalue weighted by Gasteiger charge is 2.57. The van der Waals surface area contributed by atoms with Crippen LogP contribution in [-0.4, -0.2) is 64.9 Å². The molecule has 2 spiro atoms. The summed E-state index contributed by atoms with van der Waals surface area (Å²) in [5.74, 6) is -4.08. The van der Waals surface area contributed by atoms with Crippen LogP contribution in [0.4, 0.5) is 13.2 Å². The molecule has 198 valence electrons. The highest BCUT2D eigenvalue weighted by atomic mass is 19.4. The minimum Gasteiger partial charge on any atom is -0.350 e. The van der Waals surface area contributed by atoms with E-state index >= 15 is 0 Å². The van der Waals surface area contributed by atoms with E-state index < -0.39 is 53.4 Å². The number of nitrogens with zero attached hydrogens (tertiary/aromatic N) is 2. The van der Waals surface area contributed by atoms with Gasteiger partial charge >= 0.3 is 12.1 Å². The Labute approximate surface area is 207 Å². The maximum atomic E-state index is 13.5. The molecule has 2 heterocycles. The van der Waals surface area contributed by atoms with E-state index in [1.807, 2.05) is 11.4 Å². The van der Waals surface area contributed by atoms with Gasteiger partial charge < -0.3 is 20.9 Å². The summed E-state index contributed by atoms with van der Waals surface area (Å²) >= 11 is 0. The van der Waals surface area contributed by atoms with Gasteiger partial charge in [0.2, 0.25) is 17.7 Å². The molecule has 0 aromatic carbocycles. The van der Waals surface area contributed by atoms with Crippen LogP contribution in [0.15, 0.2) is 0 Å². The molecule has 2 aliphatic heterocycles. The molecule has 2 saturated carbocycles. The average Bonchev–Trinajstić information content (AvgIpc) is 3.62. The number of carbonyl (C=O) groups excluding carboxylic acids is 4. The molecule has 2 aliphatic carbocycles. The van der Waals surface area contributed by atoms with Crippen molar-refractivity contribution in [2.24, 2.45) is 16.7 Å². The van der Waals surface area contributed by atoms with Crippen LogP contribution in [0.25, 0.3) is 0 Å². The Hall–Kier alpha value is -2.84. The van der Waals surface area contributed by atoms with E-state index in [4.69, 9.17) is 0 Å². The minimum absolute atomic E-state index is 0.134. The molecular weight excluding hydrogens is 479 g/mol. The van der Waals surface area contributed by atoms with Crippen molar-refractivity contribution in [1.82, 2.24) is 20.9 Å². The maximum Gasteiger partial charge on any atom is 0.471 e. The maximum absolute atomic E-state index is 13.5. The fourth-order valence-electron chi connectivity index (χ4n) is 5.43. The van der Waals surface area contributed by atoms with Gasteiger partial charge in [0.1, 0.15) is 18.1 Å². The summed E-state index contributed by atoms with van der Waals surface area (Å²) in [4.78, 5) is 52.0. The number of nitriles is 1. The lowest BCUT2D eigenvalue weighted by Gasteiger charge is -2.35. The smallest absolute Gasteiger partial charge is 0.350 e. The van der Waals surface area contributed by atoms with Crippen molar-refractivity contribution in [1.29, 1.82) is 5.26 Å². The highest BCUT2D eigenvalue weighted by molar-refractivity contribution is 5.94. The zero-order valence-corrected chi connectivity index (χ0v) is 20.6. The van der Waals surface area contributed by atoms with Crippen molar-refractivity contribution < 1.29 is 32.3 Å². The number of nitrogens with one attached hydrogen (secondary N) is 3. The lowest BCUT2D eigenvalue weighted by atomic mass is 9.85. The molecule has 4 aliphatic rings. The third-order valence-electron chi connectivity index (χ3n) is 7.94. The molecule has 0 radical (unpaired) electrons. The molecule has 0 aromatic heterocycles. The number of halogens is 3. The number of rotatable bonds is 6. The summed E-state index contributed by atoms with van der Waals surface area (Å²) in [7, 11) is 0. The van der Waals surface area contributed by atoms with Crippen LogP contribution < -0.4 is 16.0 Å². The van der Waals surface area contributed by atoms with Gasteiger partial charge in [-0.05, 0) is 55.8 Å². The number of amides is 4. The van der Waals surface area contributed by atoms with Gasteiger partial charge in [-0.15, -0.1) is 0 Å². The molecule has 0 aromatic rings. The van der Waals surface area contributed by atoms with Gasteiger partial charge in [-0.1, -0.05) is 20.8 Å². The van der Waals surface area contributed by atoms with Crippen LogP contribution in [0.1, 0.15) is 65.7 Å². The quantitative estimate of drug-likeness (QED) is 0.498. The van der Waals surface area contributed by atoms with Crippen molar-refractivity contribution in [3.8, 4) is 6.07 Å². The first-order valence-electron chi connectivity index (χ1n) is 12.3. The Balaban J connectivity index is 1.47. The van der Waals surface area contributed by atoms with E-state index in [0.717, 1.165) is 25.7 Å². The summed E-state index contributed by atoms with van der Waals surface area (Å²) in [5.41, 5.74) is -1.50. The van der Waals surface area contributed by atoms with E-state index in [0.29, 0.717) is 12.8 Å². The molecule has 0 bridgehead atoms. The Morgan fingerprint density at radius 2 is 1.78 bits per heavy atom. The standard InChI is InChI=1S/C24H32F3N5O4/c1-21(2,3)16(30-20(36)24(25,26)27)19(35)32-12-22(4-5-22)10-15(32)18(34)29-14(11-28)8-13-9-23(6-7-23)31-17(13)33/h13-16H,4-10,12H2,1-3H3,(H,29,34)(H,30,36)(H,31,33). The van der Waals surface area contributed by atoms with Gasteiger partial charge in [-0.2, -0.15) is 18.4 Å². The van der Waals surface area contributed by atoms with Crippen LogP contribution >= 0.6 is 0 Å². The van der Waals surface area contributed by atoms with Crippen molar-refractivity contribution in [2.45, 2.75) is 95.6 Å². The Bertz CT molecular complexity index is 1010. The van der Waals surface area contributed by atoms with Gasteiger partial charge in [0.25, 0.3) is 0 Å². The fourth-order valence-corrected chi connectivity index (χ4v) is 5.43. The van der Waals surface area contributed by atoms with Crippen molar-refractivity contribution in [3.05, 3.63) is 0 Å². The van der Waals surface area contributed by atoms with Gasteiger partial charge in [0.05, 0.1) is 6.07 Å². The third kappa shape index (κ3) is 5.30. The van der Waals surface area contributed by atoms with Crippen LogP contribution in [-0.2, 0) is 19.2 Å². The first kappa shape index (κ1) is 26.2. The van der Waals surface area contributed by atoms with Crippen LogP contribution in [0.2, 0.25) is 0 Å². The highest BCUT2D eigenvalue weighted by Crippen LogP contribution is 2.55. The number of hydrogen-bond donors (Lipinski definition) is 3. The van der Waals surface area contributed by atoms with E-state index in [2.05, 4.69) is 10.6 Å². The van der Waals surface area contributed by atoms with Crippen LogP contribution in [0.3, 0.4) is 0 Å². The first-order valence-corrected chi connectivity index (χ1v) is 12.3. The van der Waals surface area contributed by atoms with Crippen LogP contribution in [0, 0.1) is 28.1 Å². The Morgan fingerprint density at radius 1 is 1.14 bits per heavy atom. The summed E-state index contributed by atoms with van der Waals surface area (Å²) in [5, 5.41) is 17.1. The molecule has 12 heteroatoms. The predicted molar refractivity (Wildman–Crippen MR) is 120 cm³/mol.